The summed E-state index contributed by atoms with van der Waals surface area (Å²) in [5, 5.41) is 9.42. The minimum absolute atomic E-state index is 0.357. The molecule has 1 aliphatic heterocycles. The maximum Gasteiger partial charge on any atom is 0.339 e. The highest BCUT2D eigenvalue weighted by atomic mass is 16.4. The van der Waals surface area contributed by atoms with Gasteiger partial charge >= 0.3 is 5.97 Å². The van der Waals surface area contributed by atoms with Crippen LogP contribution < -0.4 is 4.90 Å². The van der Waals surface area contributed by atoms with E-state index in [1.54, 1.807) is 12.3 Å². The molecule has 0 saturated carbocycles. The highest BCUT2D eigenvalue weighted by Crippen LogP contribution is 2.28. The summed E-state index contributed by atoms with van der Waals surface area (Å²) < 4.78 is 0. The third-order valence-electron chi connectivity index (χ3n) is 4.37. The van der Waals surface area contributed by atoms with Crippen molar-refractivity contribution < 1.29 is 9.90 Å². The molecule has 2 heterocycles. The van der Waals surface area contributed by atoms with Crippen LogP contribution in [-0.4, -0.2) is 29.1 Å². The van der Waals surface area contributed by atoms with Crippen molar-refractivity contribution in [3.63, 3.8) is 0 Å². The van der Waals surface area contributed by atoms with Gasteiger partial charge in [-0.2, -0.15) is 0 Å². The van der Waals surface area contributed by atoms with Crippen molar-refractivity contribution >= 4 is 11.8 Å². The van der Waals surface area contributed by atoms with Crippen molar-refractivity contribution in [1.29, 1.82) is 0 Å². The summed E-state index contributed by atoms with van der Waals surface area (Å²) in [5.41, 5.74) is 1.14. The Bertz CT molecular complexity index is 485. The van der Waals surface area contributed by atoms with Gasteiger partial charge in [-0.25, -0.2) is 9.78 Å². The number of aromatic nitrogens is 1. The minimum Gasteiger partial charge on any atom is -0.478 e. The lowest BCUT2D eigenvalue weighted by atomic mass is 9.89. The van der Waals surface area contributed by atoms with Crippen LogP contribution in [0.4, 0.5) is 5.82 Å². The van der Waals surface area contributed by atoms with Crippen molar-refractivity contribution in [3.05, 3.63) is 23.4 Å². The molecule has 1 atom stereocenters. The average Bonchev–Trinajstić information content (AvgIpc) is 2.63. The fourth-order valence-corrected chi connectivity index (χ4v) is 3.05. The Labute approximate surface area is 120 Å². The number of pyridine rings is 1. The van der Waals surface area contributed by atoms with E-state index in [1.165, 1.54) is 6.42 Å². The van der Waals surface area contributed by atoms with Gasteiger partial charge in [0.05, 0.1) is 0 Å². The van der Waals surface area contributed by atoms with Gasteiger partial charge in [0.2, 0.25) is 0 Å². The molecule has 2 rings (SSSR count). The van der Waals surface area contributed by atoms with Gasteiger partial charge in [0.1, 0.15) is 11.4 Å². The molecule has 0 radical (unpaired) electrons. The lowest BCUT2D eigenvalue weighted by Crippen LogP contribution is -2.28. The molecule has 1 unspecified atom stereocenters. The lowest BCUT2D eigenvalue weighted by molar-refractivity contribution is 0.0696. The zero-order valence-electron chi connectivity index (χ0n) is 12.6. The number of carbonyl (C=O) groups is 1. The van der Waals surface area contributed by atoms with Gasteiger partial charge in [0, 0.05) is 19.3 Å². The first kappa shape index (κ1) is 14.8. The zero-order valence-corrected chi connectivity index (χ0v) is 12.6. The molecule has 1 fully saturated rings. The zero-order chi connectivity index (χ0) is 14.7. The van der Waals surface area contributed by atoms with Gasteiger partial charge in [-0.15, -0.1) is 0 Å². The molecule has 4 heteroatoms. The number of hydrogen-bond acceptors (Lipinski definition) is 3. The van der Waals surface area contributed by atoms with Crippen LogP contribution in [0.2, 0.25) is 0 Å². The van der Waals surface area contributed by atoms with Crippen LogP contribution in [0.1, 0.15) is 49.0 Å². The third kappa shape index (κ3) is 3.11. The van der Waals surface area contributed by atoms with Gasteiger partial charge in [0.15, 0.2) is 0 Å². The van der Waals surface area contributed by atoms with Crippen molar-refractivity contribution in [2.45, 2.75) is 40.0 Å². The monoisotopic (exact) mass is 276 g/mol. The molecule has 0 aliphatic carbocycles. The second-order valence-electron chi connectivity index (χ2n) is 6.05. The molecule has 1 saturated heterocycles. The van der Waals surface area contributed by atoms with Crippen molar-refractivity contribution in [2.24, 2.45) is 11.8 Å². The Balaban J connectivity index is 2.24. The van der Waals surface area contributed by atoms with Crippen LogP contribution in [0.3, 0.4) is 0 Å². The number of carboxylic acids is 1. The van der Waals surface area contributed by atoms with Crippen LogP contribution in [0.15, 0.2) is 12.3 Å². The average molecular weight is 276 g/mol. The van der Waals surface area contributed by atoms with E-state index in [4.69, 9.17) is 0 Å². The van der Waals surface area contributed by atoms with E-state index in [2.05, 4.69) is 23.7 Å². The van der Waals surface area contributed by atoms with Crippen molar-refractivity contribution in [3.8, 4) is 0 Å². The topological polar surface area (TPSA) is 53.4 Å². The van der Waals surface area contributed by atoms with Gasteiger partial charge in [-0.3, -0.25) is 0 Å². The van der Waals surface area contributed by atoms with Gasteiger partial charge in [-0.05, 0) is 49.7 Å². The van der Waals surface area contributed by atoms with Crippen LogP contribution >= 0.6 is 0 Å². The predicted molar refractivity (Wildman–Crippen MR) is 80.3 cm³/mol. The fraction of sp³-hybridized carbons (Fsp3) is 0.625. The number of nitrogens with zero attached hydrogens (tertiary/aromatic N) is 2. The standard InChI is InChI=1S/C16H24N2O2/c1-11(2)13-5-4-9-18(10-7-13)15-14(16(19)20)12(3)6-8-17-15/h6,8,11,13H,4-5,7,9-10H2,1-3H3,(H,19,20). The number of aromatic carboxylic acids is 1. The van der Waals surface area contributed by atoms with Crippen LogP contribution in [-0.2, 0) is 0 Å². The van der Waals surface area contributed by atoms with Crippen molar-refractivity contribution in [2.75, 3.05) is 18.0 Å². The van der Waals surface area contributed by atoms with Crippen LogP contribution in [0.5, 0.6) is 0 Å². The third-order valence-corrected chi connectivity index (χ3v) is 4.37. The molecular formula is C16H24N2O2. The molecule has 0 aromatic carbocycles. The first-order valence-electron chi connectivity index (χ1n) is 7.44. The second-order valence-corrected chi connectivity index (χ2v) is 6.05. The van der Waals surface area contributed by atoms with Crippen molar-refractivity contribution in [1.82, 2.24) is 4.98 Å². The Kier molecular flexibility index (Phi) is 4.63. The molecule has 1 aliphatic rings. The first-order chi connectivity index (χ1) is 9.50. The normalized spacial score (nSPS) is 20.0. The minimum atomic E-state index is -0.879. The van der Waals surface area contributed by atoms with E-state index < -0.39 is 5.97 Å². The number of aryl methyl sites for hydroxylation is 1. The predicted octanol–water partition coefficient (Wildman–Crippen LogP) is 3.35. The molecule has 0 amide bonds. The molecule has 1 aromatic rings. The SMILES string of the molecule is Cc1ccnc(N2CCCC(C(C)C)CC2)c1C(=O)O. The summed E-state index contributed by atoms with van der Waals surface area (Å²) in [5.74, 6) is 1.19. The van der Waals surface area contributed by atoms with E-state index in [0.29, 0.717) is 17.3 Å². The maximum atomic E-state index is 11.5. The van der Waals surface area contributed by atoms with Gasteiger partial charge < -0.3 is 10.0 Å². The quantitative estimate of drug-likeness (QED) is 0.920. The molecule has 20 heavy (non-hydrogen) atoms. The van der Waals surface area contributed by atoms with Gasteiger partial charge in [0.25, 0.3) is 0 Å². The fourth-order valence-electron chi connectivity index (χ4n) is 3.05. The Morgan fingerprint density at radius 1 is 1.40 bits per heavy atom. The number of anilines is 1. The lowest BCUT2D eigenvalue weighted by Gasteiger charge is -2.24. The molecule has 0 spiro atoms. The number of carboxylic acid groups (broad SMARTS) is 1. The molecular weight excluding hydrogens is 252 g/mol. The van der Waals surface area contributed by atoms with E-state index in [9.17, 15) is 9.90 Å². The number of rotatable bonds is 3. The Morgan fingerprint density at radius 2 is 2.15 bits per heavy atom. The first-order valence-corrected chi connectivity index (χ1v) is 7.44. The molecule has 0 bridgehead atoms. The van der Waals surface area contributed by atoms with Crippen LogP contribution in [0.25, 0.3) is 0 Å². The summed E-state index contributed by atoms with van der Waals surface area (Å²) >= 11 is 0. The highest BCUT2D eigenvalue weighted by molar-refractivity contribution is 5.94. The van der Waals surface area contributed by atoms with E-state index in [0.717, 1.165) is 37.4 Å². The van der Waals surface area contributed by atoms with E-state index in [1.807, 2.05) is 6.92 Å². The molecule has 1 N–H and O–H groups in total. The van der Waals surface area contributed by atoms with E-state index in [-0.39, 0.29) is 0 Å². The summed E-state index contributed by atoms with van der Waals surface area (Å²) in [6.07, 6.45) is 5.16. The number of hydrogen-bond donors (Lipinski definition) is 1. The van der Waals surface area contributed by atoms with E-state index >= 15 is 0 Å². The molecule has 110 valence electrons. The van der Waals surface area contributed by atoms with Gasteiger partial charge in [-0.1, -0.05) is 13.8 Å². The maximum absolute atomic E-state index is 11.5. The largest absolute Gasteiger partial charge is 0.478 e. The molecule has 4 nitrogen and oxygen atoms in total. The summed E-state index contributed by atoms with van der Waals surface area (Å²) in [7, 11) is 0. The Hall–Kier alpha value is -1.58. The Morgan fingerprint density at radius 3 is 2.80 bits per heavy atom. The smallest absolute Gasteiger partial charge is 0.339 e. The summed E-state index contributed by atoms with van der Waals surface area (Å²) in [4.78, 5) is 18.0. The second kappa shape index (κ2) is 6.25. The summed E-state index contributed by atoms with van der Waals surface area (Å²) in [6, 6.07) is 1.77. The van der Waals surface area contributed by atoms with Crippen LogP contribution in [0, 0.1) is 18.8 Å². The highest BCUT2D eigenvalue weighted by Gasteiger charge is 2.24. The molecule has 1 aromatic heterocycles. The summed E-state index contributed by atoms with van der Waals surface area (Å²) in [6.45, 7) is 8.19.